The summed E-state index contributed by atoms with van der Waals surface area (Å²) < 4.78 is 32.9. The number of halogens is 1. The third-order valence-corrected chi connectivity index (χ3v) is 5.60. The molecule has 1 unspecified atom stereocenters. The van der Waals surface area contributed by atoms with Crippen LogP contribution in [0.25, 0.3) is 11.2 Å². The zero-order chi connectivity index (χ0) is 23.2. The first-order valence-electron chi connectivity index (χ1n) is 9.97. The largest absolute Gasteiger partial charge is 0.394 e. The summed E-state index contributed by atoms with van der Waals surface area (Å²) in [6.07, 6.45) is -2.11. The summed E-state index contributed by atoms with van der Waals surface area (Å²) in [6.45, 7) is -0.308. The second-order valence-corrected chi connectivity index (χ2v) is 7.67. The number of carbonyl (C=O) groups excluding carboxylic acids is 1. The number of hydrogen-bond donors (Lipinski definition) is 2. The Morgan fingerprint density at radius 2 is 2.15 bits per heavy atom. The molecule has 0 spiro atoms. The topological polar surface area (TPSA) is 144 Å². The Bertz CT molecular complexity index is 1140. The normalized spacial score (nSPS) is 22.7. The maximum Gasteiger partial charge on any atom is 0.256 e. The van der Waals surface area contributed by atoms with Crippen molar-refractivity contribution in [2.24, 2.45) is 0 Å². The Morgan fingerprint density at radius 1 is 1.33 bits per heavy atom. The number of nitrogens with one attached hydrogen (secondary N) is 1. The van der Waals surface area contributed by atoms with E-state index in [1.54, 1.807) is 30.3 Å². The minimum atomic E-state index is -1.66. The van der Waals surface area contributed by atoms with Crippen molar-refractivity contribution in [3.8, 4) is 6.07 Å². The van der Waals surface area contributed by atoms with Crippen LogP contribution in [0.4, 0.5) is 10.2 Å². The number of fused-ring (bicyclic) bond motifs is 1. The van der Waals surface area contributed by atoms with Crippen molar-refractivity contribution >= 4 is 31.9 Å². The van der Waals surface area contributed by atoms with Gasteiger partial charge in [-0.1, -0.05) is 18.2 Å². The summed E-state index contributed by atoms with van der Waals surface area (Å²) in [7, 11) is -0.512. The molecule has 1 saturated heterocycles. The molecule has 0 radical (unpaired) electrons. The number of ether oxygens (including phenoxy) is 1. The molecular formula is C20H20FN6O5P. The maximum atomic E-state index is 15.3. The maximum absolute atomic E-state index is 15.3. The van der Waals surface area contributed by atoms with E-state index in [0.29, 0.717) is 5.56 Å². The third kappa shape index (κ3) is 4.98. The van der Waals surface area contributed by atoms with E-state index in [1.807, 2.05) is 6.07 Å². The number of imidazole rings is 1. The Balaban J connectivity index is 1.52. The molecule has 1 amide bonds. The molecule has 5 atom stereocenters. The number of anilines is 1. The molecule has 4 rings (SSSR count). The molecule has 2 N–H and O–H groups in total. The fourth-order valence-corrected chi connectivity index (χ4v) is 3.98. The average Bonchev–Trinajstić information content (AvgIpc) is 3.41. The first-order chi connectivity index (χ1) is 16.1. The molecule has 1 fully saturated rings. The van der Waals surface area contributed by atoms with Crippen molar-refractivity contribution < 1.29 is 28.1 Å². The molecule has 1 aromatic carbocycles. The van der Waals surface area contributed by atoms with Gasteiger partial charge in [-0.2, -0.15) is 5.26 Å². The van der Waals surface area contributed by atoms with Crippen molar-refractivity contribution in [3.63, 3.8) is 0 Å². The van der Waals surface area contributed by atoms with Crippen LogP contribution in [0.5, 0.6) is 0 Å². The van der Waals surface area contributed by atoms with E-state index in [0.717, 1.165) is 0 Å². The van der Waals surface area contributed by atoms with E-state index in [9.17, 15) is 9.90 Å². The third-order valence-electron chi connectivity index (χ3n) is 4.91. The van der Waals surface area contributed by atoms with Gasteiger partial charge >= 0.3 is 0 Å². The van der Waals surface area contributed by atoms with Crippen LogP contribution in [0.15, 0.2) is 43.0 Å². The fraction of sp³-hybridized carbons (Fsp3) is 0.350. The van der Waals surface area contributed by atoms with Crippen LogP contribution < -0.4 is 5.32 Å². The molecule has 172 valence electrons. The van der Waals surface area contributed by atoms with Crippen LogP contribution in [0.3, 0.4) is 0 Å². The van der Waals surface area contributed by atoms with Gasteiger partial charge in [0.2, 0.25) is 0 Å². The summed E-state index contributed by atoms with van der Waals surface area (Å²) in [5.41, 5.74) is 0.936. The molecule has 0 aliphatic carbocycles. The average molecular weight is 474 g/mol. The van der Waals surface area contributed by atoms with Crippen LogP contribution in [0.2, 0.25) is 0 Å². The molecular weight excluding hydrogens is 454 g/mol. The number of aliphatic hydroxyl groups excluding tert-OH is 1. The lowest BCUT2D eigenvalue weighted by atomic mass is 10.1. The first kappa shape index (κ1) is 23.1. The smallest absolute Gasteiger partial charge is 0.256 e. The molecule has 0 saturated carbocycles. The van der Waals surface area contributed by atoms with Gasteiger partial charge in [-0.25, -0.2) is 19.3 Å². The van der Waals surface area contributed by atoms with E-state index in [-0.39, 0.29) is 35.9 Å². The molecule has 1 aliphatic heterocycles. The van der Waals surface area contributed by atoms with Gasteiger partial charge in [-0.05, 0) is 12.1 Å². The summed E-state index contributed by atoms with van der Waals surface area (Å²) in [4.78, 5) is 25.0. The number of benzene rings is 1. The Kier molecular flexibility index (Phi) is 7.49. The standard InChI is InChI=1S/C20H20FN6O5P/c21-14-16(32-33-30-8-4-7-22)13(9-28)31-20(14)27-11-25-15-17(23-10-24-18(15)27)26-19(29)12-5-2-1-3-6-12/h1-3,5-6,10-11,13-14,16,20,28,33H,4,8-9H2,(H,23,24,26,29)/t13-,14+,16-,20-/m1/s1. The van der Waals surface area contributed by atoms with Gasteiger partial charge in [0.1, 0.15) is 18.5 Å². The number of carbonyl (C=O) groups is 1. The Hall–Kier alpha value is -3.07. The van der Waals surface area contributed by atoms with Gasteiger partial charge in [0.05, 0.1) is 32.0 Å². The first-order valence-corrected chi connectivity index (χ1v) is 10.8. The zero-order valence-electron chi connectivity index (χ0n) is 17.2. The predicted octanol–water partition coefficient (Wildman–Crippen LogP) is 2.13. The highest BCUT2D eigenvalue weighted by atomic mass is 31.1. The van der Waals surface area contributed by atoms with Gasteiger partial charge in [0.15, 0.2) is 38.4 Å². The molecule has 11 nitrogen and oxygen atoms in total. The monoisotopic (exact) mass is 474 g/mol. The minimum absolute atomic E-state index is 0.160. The highest BCUT2D eigenvalue weighted by Gasteiger charge is 2.47. The lowest BCUT2D eigenvalue weighted by Gasteiger charge is -2.17. The van der Waals surface area contributed by atoms with Gasteiger partial charge in [0.25, 0.3) is 5.91 Å². The van der Waals surface area contributed by atoms with Crippen LogP contribution in [0.1, 0.15) is 23.0 Å². The molecule has 13 heteroatoms. The van der Waals surface area contributed by atoms with Crippen LogP contribution >= 0.6 is 9.03 Å². The van der Waals surface area contributed by atoms with E-state index in [2.05, 4.69) is 20.3 Å². The quantitative estimate of drug-likeness (QED) is 0.352. The van der Waals surface area contributed by atoms with Crippen molar-refractivity contribution in [3.05, 3.63) is 48.5 Å². The van der Waals surface area contributed by atoms with Gasteiger partial charge in [0, 0.05) is 5.56 Å². The number of rotatable bonds is 9. The van der Waals surface area contributed by atoms with Gasteiger partial charge in [-0.3, -0.25) is 9.36 Å². The lowest BCUT2D eigenvalue weighted by Crippen LogP contribution is -2.31. The second kappa shape index (κ2) is 10.7. The van der Waals surface area contributed by atoms with Crippen molar-refractivity contribution in [1.29, 1.82) is 5.26 Å². The number of aromatic nitrogens is 4. The van der Waals surface area contributed by atoms with E-state index in [1.165, 1.54) is 17.2 Å². The molecule has 1 aliphatic rings. The molecule has 2 aromatic heterocycles. The summed E-state index contributed by atoms with van der Waals surface area (Å²) >= 11 is 0. The van der Waals surface area contributed by atoms with Crippen LogP contribution in [-0.4, -0.2) is 62.1 Å². The highest BCUT2D eigenvalue weighted by Crippen LogP contribution is 2.38. The molecule has 33 heavy (non-hydrogen) atoms. The Labute approximate surface area is 189 Å². The minimum Gasteiger partial charge on any atom is -0.394 e. The second-order valence-electron chi connectivity index (χ2n) is 6.98. The summed E-state index contributed by atoms with van der Waals surface area (Å²) in [6, 6.07) is 10.5. The highest BCUT2D eigenvalue weighted by molar-refractivity contribution is 7.26. The van der Waals surface area contributed by atoms with Gasteiger partial charge < -0.3 is 24.2 Å². The van der Waals surface area contributed by atoms with Crippen molar-refractivity contribution in [2.75, 3.05) is 18.5 Å². The van der Waals surface area contributed by atoms with Gasteiger partial charge in [-0.15, -0.1) is 0 Å². The SMILES string of the molecule is N#CCCOPO[C@H]1[C@H](F)[C@H](n2cnc3c(NC(=O)c4ccccc4)ncnc32)O[C@@H]1CO. The number of amides is 1. The number of alkyl halides is 1. The Morgan fingerprint density at radius 3 is 2.91 bits per heavy atom. The number of hydrogen-bond acceptors (Lipinski definition) is 9. The predicted molar refractivity (Wildman–Crippen MR) is 115 cm³/mol. The molecule has 0 bridgehead atoms. The number of nitrogens with zero attached hydrogens (tertiary/aromatic N) is 5. The van der Waals surface area contributed by atoms with E-state index < -0.39 is 40.2 Å². The van der Waals surface area contributed by atoms with Crippen LogP contribution in [0, 0.1) is 11.3 Å². The fourth-order valence-electron chi connectivity index (χ4n) is 3.33. The molecule has 3 aromatic rings. The summed E-state index contributed by atoms with van der Waals surface area (Å²) in [5.74, 6) is -0.211. The van der Waals surface area contributed by atoms with Crippen molar-refractivity contribution in [1.82, 2.24) is 19.5 Å². The zero-order valence-corrected chi connectivity index (χ0v) is 18.2. The van der Waals surface area contributed by atoms with E-state index >= 15 is 4.39 Å². The number of aliphatic hydroxyl groups is 1. The van der Waals surface area contributed by atoms with Crippen molar-refractivity contribution in [2.45, 2.75) is 31.0 Å². The van der Waals surface area contributed by atoms with E-state index in [4.69, 9.17) is 19.0 Å². The molecule has 3 heterocycles. The lowest BCUT2D eigenvalue weighted by molar-refractivity contribution is -0.0432. The van der Waals surface area contributed by atoms with Crippen LogP contribution in [-0.2, 0) is 13.8 Å². The summed E-state index contributed by atoms with van der Waals surface area (Å²) in [5, 5.41) is 20.8. The number of nitriles is 1.